The Hall–Kier alpha value is -3.16. The van der Waals surface area contributed by atoms with Crippen molar-refractivity contribution in [1.82, 2.24) is 9.97 Å². The minimum Gasteiger partial charge on any atom is -0.497 e. The van der Waals surface area contributed by atoms with Crippen molar-refractivity contribution in [2.24, 2.45) is 0 Å². The molecule has 0 amide bonds. The van der Waals surface area contributed by atoms with Crippen LogP contribution in [0.5, 0.6) is 5.75 Å². The summed E-state index contributed by atoms with van der Waals surface area (Å²) in [7, 11) is 2.85. The highest BCUT2D eigenvalue weighted by Crippen LogP contribution is 2.30. The van der Waals surface area contributed by atoms with E-state index >= 15 is 0 Å². The average molecular weight is 398 g/mol. The Morgan fingerprint density at radius 1 is 1.14 bits per heavy atom. The summed E-state index contributed by atoms with van der Waals surface area (Å²) in [5.41, 5.74) is 0.708. The van der Waals surface area contributed by atoms with Gasteiger partial charge in [0.05, 0.1) is 14.2 Å². The van der Waals surface area contributed by atoms with Crippen molar-refractivity contribution in [3.05, 3.63) is 35.5 Å². The Labute approximate surface area is 170 Å². The third-order valence-electron chi connectivity index (χ3n) is 5.20. The molecule has 29 heavy (non-hydrogen) atoms. The number of rotatable bonds is 6. The number of carbonyl (C=O) groups excluding carboxylic acids is 2. The second-order valence-electron chi connectivity index (χ2n) is 7.13. The maximum atomic E-state index is 12.4. The van der Waals surface area contributed by atoms with Gasteiger partial charge in [0.1, 0.15) is 17.0 Å². The lowest BCUT2D eigenvalue weighted by atomic mass is 9.98. The molecule has 1 fully saturated rings. The summed E-state index contributed by atoms with van der Waals surface area (Å²) in [5, 5.41) is 3.13. The molecule has 0 radical (unpaired) electrons. The van der Waals surface area contributed by atoms with Crippen LogP contribution in [0.1, 0.15) is 54.0 Å². The maximum Gasteiger partial charge on any atom is 0.344 e. The summed E-state index contributed by atoms with van der Waals surface area (Å²) in [6.07, 6.45) is 3.74. The molecule has 0 saturated carbocycles. The summed E-state index contributed by atoms with van der Waals surface area (Å²) in [4.78, 5) is 35.3. The number of carbonyl (C=O) groups is 2. The van der Waals surface area contributed by atoms with Crippen LogP contribution in [0.2, 0.25) is 0 Å². The zero-order chi connectivity index (χ0) is 21.0. The molecule has 0 bridgehead atoms. The van der Waals surface area contributed by atoms with Gasteiger partial charge in [0, 0.05) is 17.8 Å². The first-order chi connectivity index (χ1) is 14.0. The Bertz CT molecular complexity index is 875. The minimum atomic E-state index is -0.672. The van der Waals surface area contributed by atoms with Crippen molar-refractivity contribution >= 4 is 29.7 Å². The van der Waals surface area contributed by atoms with Crippen molar-refractivity contribution in [2.75, 3.05) is 24.4 Å². The van der Waals surface area contributed by atoms with E-state index in [4.69, 9.17) is 9.47 Å². The number of benzene rings is 1. The zero-order valence-corrected chi connectivity index (χ0v) is 17.1. The maximum absolute atomic E-state index is 12.4. The van der Waals surface area contributed by atoms with Crippen molar-refractivity contribution < 1.29 is 19.1 Å². The van der Waals surface area contributed by atoms with Gasteiger partial charge in [-0.15, -0.1) is 0 Å². The molecule has 154 valence electrons. The normalized spacial score (nSPS) is 18.8. The van der Waals surface area contributed by atoms with Gasteiger partial charge in [0.25, 0.3) is 0 Å². The van der Waals surface area contributed by atoms with Gasteiger partial charge in [-0.1, -0.05) is 0 Å². The number of piperidine rings is 1. The topological polar surface area (TPSA) is 93.7 Å². The zero-order valence-electron chi connectivity index (χ0n) is 17.1. The monoisotopic (exact) mass is 398 g/mol. The van der Waals surface area contributed by atoms with Gasteiger partial charge < -0.3 is 19.7 Å². The van der Waals surface area contributed by atoms with Crippen LogP contribution in [0.15, 0.2) is 24.3 Å². The van der Waals surface area contributed by atoms with E-state index in [1.807, 2.05) is 0 Å². The lowest BCUT2D eigenvalue weighted by Crippen LogP contribution is -2.45. The third kappa shape index (κ3) is 4.31. The van der Waals surface area contributed by atoms with Crippen LogP contribution >= 0.6 is 0 Å². The Morgan fingerprint density at radius 2 is 1.79 bits per heavy atom. The van der Waals surface area contributed by atoms with Crippen LogP contribution in [-0.2, 0) is 4.74 Å². The minimum absolute atomic E-state index is 0.00263. The number of nitrogens with zero attached hydrogens (tertiary/aromatic N) is 3. The van der Waals surface area contributed by atoms with Gasteiger partial charge in [-0.3, -0.25) is 4.79 Å². The van der Waals surface area contributed by atoms with Crippen molar-refractivity contribution in [2.45, 2.75) is 45.2 Å². The predicted molar refractivity (Wildman–Crippen MR) is 110 cm³/mol. The second-order valence-corrected chi connectivity index (χ2v) is 7.13. The number of anilines is 3. The van der Waals surface area contributed by atoms with E-state index < -0.39 is 5.97 Å². The summed E-state index contributed by atoms with van der Waals surface area (Å²) >= 11 is 0. The Morgan fingerprint density at radius 3 is 2.34 bits per heavy atom. The molecule has 1 aliphatic heterocycles. The summed E-state index contributed by atoms with van der Waals surface area (Å²) in [6.45, 7) is 4.23. The highest BCUT2D eigenvalue weighted by atomic mass is 16.5. The highest BCUT2D eigenvalue weighted by Gasteiger charge is 2.30. The first-order valence-electron chi connectivity index (χ1n) is 9.63. The molecule has 8 heteroatoms. The summed E-state index contributed by atoms with van der Waals surface area (Å²) in [5.74, 6) is 0.695. The molecule has 0 aliphatic carbocycles. The van der Waals surface area contributed by atoms with Crippen molar-refractivity contribution in [3.8, 4) is 5.75 Å². The first kappa shape index (κ1) is 20.6. The number of methoxy groups -OCH3 is 2. The predicted octanol–water partition coefficient (Wildman–Crippen LogP) is 3.60. The number of hydrogen-bond donors (Lipinski definition) is 1. The van der Waals surface area contributed by atoms with Gasteiger partial charge in [0.15, 0.2) is 12.1 Å². The second kappa shape index (κ2) is 8.89. The molecule has 0 spiro atoms. The molecule has 8 nitrogen and oxygen atoms in total. The number of hydrogen-bond acceptors (Lipinski definition) is 8. The molecule has 1 aromatic carbocycles. The van der Waals surface area contributed by atoms with E-state index in [-0.39, 0.29) is 29.2 Å². The molecule has 2 heterocycles. The number of ether oxygens (including phenoxy) is 2. The molecule has 0 unspecified atom stereocenters. The van der Waals surface area contributed by atoms with Gasteiger partial charge >= 0.3 is 5.97 Å². The highest BCUT2D eigenvalue weighted by molar-refractivity contribution is 6.02. The van der Waals surface area contributed by atoms with Crippen molar-refractivity contribution in [3.63, 3.8) is 0 Å². The average Bonchev–Trinajstić information content (AvgIpc) is 2.73. The quantitative estimate of drug-likeness (QED) is 0.583. The SMILES string of the molecule is COC(=O)c1c(C=O)nc(N2[C@H](C)CCC[C@@H]2C)nc1Nc1ccc(OC)cc1. The Balaban J connectivity index is 2.09. The van der Waals surface area contributed by atoms with Crippen LogP contribution in [0.25, 0.3) is 0 Å². The molecular weight excluding hydrogens is 372 g/mol. The largest absolute Gasteiger partial charge is 0.497 e. The van der Waals surface area contributed by atoms with E-state index in [0.717, 1.165) is 19.3 Å². The molecule has 1 aromatic heterocycles. The van der Waals surface area contributed by atoms with Crippen LogP contribution in [-0.4, -0.2) is 48.5 Å². The molecular formula is C21H26N4O4. The van der Waals surface area contributed by atoms with E-state index in [1.165, 1.54) is 7.11 Å². The van der Waals surface area contributed by atoms with Crippen LogP contribution < -0.4 is 15.0 Å². The van der Waals surface area contributed by atoms with Gasteiger partial charge in [-0.25, -0.2) is 9.78 Å². The molecule has 2 atom stereocenters. The van der Waals surface area contributed by atoms with Gasteiger partial charge in [-0.05, 0) is 57.4 Å². The number of aldehydes is 1. The third-order valence-corrected chi connectivity index (χ3v) is 5.20. The van der Waals surface area contributed by atoms with E-state index in [1.54, 1.807) is 31.4 Å². The summed E-state index contributed by atoms with van der Waals surface area (Å²) in [6, 6.07) is 7.64. The standard InChI is InChI=1S/C21H26N4O4/c1-13-6-5-7-14(2)25(13)21-23-17(12-26)18(20(27)29-4)19(24-21)22-15-8-10-16(28-3)11-9-15/h8-14H,5-7H2,1-4H3,(H,22,23,24)/t13-,14+. The number of esters is 1. The fourth-order valence-corrected chi connectivity index (χ4v) is 3.69. The lowest BCUT2D eigenvalue weighted by Gasteiger charge is -2.39. The van der Waals surface area contributed by atoms with Crippen LogP contribution in [0, 0.1) is 0 Å². The van der Waals surface area contributed by atoms with E-state index in [9.17, 15) is 9.59 Å². The smallest absolute Gasteiger partial charge is 0.344 e. The Kier molecular flexibility index (Phi) is 6.31. The lowest BCUT2D eigenvalue weighted by molar-refractivity contribution is 0.0598. The van der Waals surface area contributed by atoms with E-state index in [0.29, 0.717) is 23.7 Å². The van der Waals surface area contributed by atoms with E-state index in [2.05, 4.69) is 34.0 Å². The fourth-order valence-electron chi connectivity index (χ4n) is 3.69. The first-order valence-corrected chi connectivity index (χ1v) is 9.63. The molecule has 1 aliphatic rings. The molecule has 1 N–H and O–H groups in total. The van der Waals surface area contributed by atoms with Crippen LogP contribution in [0.3, 0.4) is 0 Å². The molecule has 2 aromatic rings. The molecule has 1 saturated heterocycles. The van der Waals surface area contributed by atoms with Gasteiger partial charge in [0.2, 0.25) is 5.95 Å². The summed E-state index contributed by atoms with van der Waals surface area (Å²) < 4.78 is 10.0. The number of aromatic nitrogens is 2. The van der Waals surface area contributed by atoms with Gasteiger partial charge in [-0.2, -0.15) is 4.98 Å². The molecule has 3 rings (SSSR count). The fraction of sp³-hybridized carbons (Fsp3) is 0.429. The van der Waals surface area contributed by atoms with Crippen molar-refractivity contribution in [1.29, 1.82) is 0 Å². The van der Waals surface area contributed by atoms with Crippen LogP contribution in [0.4, 0.5) is 17.5 Å². The number of nitrogens with one attached hydrogen (secondary N) is 1.